The fraction of sp³-hybridized carbons (Fsp3) is 0.500. The van der Waals surface area contributed by atoms with Gasteiger partial charge in [-0.05, 0) is 40.9 Å². The van der Waals surface area contributed by atoms with Crippen molar-refractivity contribution in [2.24, 2.45) is 0 Å². The SMILES string of the molecule is CN(C(=O)c1ccnc(Br)c1)C1CCCC1. The predicted molar refractivity (Wildman–Crippen MR) is 66.3 cm³/mol. The van der Waals surface area contributed by atoms with Crippen molar-refractivity contribution in [3.63, 3.8) is 0 Å². The molecule has 0 spiro atoms. The number of aromatic nitrogens is 1. The van der Waals surface area contributed by atoms with Gasteiger partial charge in [0.1, 0.15) is 4.60 Å². The molecule has 0 bridgehead atoms. The van der Waals surface area contributed by atoms with Crippen LogP contribution in [0.5, 0.6) is 0 Å². The van der Waals surface area contributed by atoms with E-state index < -0.39 is 0 Å². The van der Waals surface area contributed by atoms with Crippen molar-refractivity contribution < 1.29 is 4.79 Å². The average Bonchev–Trinajstić information content (AvgIpc) is 2.80. The maximum atomic E-state index is 12.2. The number of rotatable bonds is 2. The van der Waals surface area contributed by atoms with E-state index >= 15 is 0 Å². The summed E-state index contributed by atoms with van der Waals surface area (Å²) in [5.74, 6) is 0.0926. The van der Waals surface area contributed by atoms with Crippen LogP contribution in [0.3, 0.4) is 0 Å². The summed E-state index contributed by atoms with van der Waals surface area (Å²) in [6, 6.07) is 3.95. The molecule has 4 heteroatoms. The van der Waals surface area contributed by atoms with Crippen molar-refractivity contribution in [1.29, 1.82) is 0 Å². The minimum Gasteiger partial charge on any atom is -0.339 e. The average molecular weight is 283 g/mol. The highest BCUT2D eigenvalue weighted by molar-refractivity contribution is 9.10. The van der Waals surface area contributed by atoms with Crippen molar-refractivity contribution in [3.05, 3.63) is 28.5 Å². The highest BCUT2D eigenvalue weighted by atomic mass is 79.9. The monoisotopic (exact) mass is 282 g/mol. The standard InChI is InChI=1S/C12H15BrN2O/c1-15(10-4-2-3-5-10)12(16)9-6-7-14-11(13)8-9/h6-8,10H,2-5H2,1H3. The summed E-state index contributed by atoms with van der Waals surface area (Å²) in [5.41, 5.74) is 0.705. The van der Waals surface area contributed by atoms with Gasteiger partial charge in [0.2, 0.25) is 0 Å². The molecule has 0 aromatic carbocycles. The zero-order chi connectivity index (χ0) is 11.5. The van der Waals surface area contributed by atoms with Gasteiger partial charge in [-0.1, -0.05) is 12.8 Å². The van der Waals surface area contributed by atoms with E-state index in [4.69, 9.17) is 0 Å². The summed E-state index contributed by atoms with van der Waals surface area (Å²) in [6.07, 6.45) is 6.40. The first kappa shape index (κ1) is 11.6. The molecule has 86 valence electrons. The molecule has 0 unspecified atom stereocenters. The zero-order valence-corrected chi connectivity index (χ0v) is 10.9. The lowest BCUT2D eigenvalue weighted by molar-refractivity contribution is 0.0735. The number of carbonyl (C=O) groups is 1. The summed E-state index contributed by atoms with van der Waals surface area (Å²) < 4.78 is 0.707. The Labute approximate surface area is 104 Å². The van der Waals surface area contributed by atoms with Gasteiger partial charge in [0.15, 0.2) is 0 Å². The molecule has 2 rings (SSSR count). The Bertz CT molecular complexity index is 388. The Morgan fingerprint density at radius 1 is 1.50 bits per heavy atom. The quantitative estimate of drug-likeness (QED) is 0.782. The Morgan fingerprint density at radius 3 is 2.81 bits per heavy atom. The van der Waals surface area contributed by atoms with Gasteiger partial charge >= 0.3 is 0 Å². The van der Waals surface area contributed by atoms with E-state index in [9.17, 15) is 4.79 Å². The molecule has 0 aliphatic heterocycles. The van der Waals surface area contributed by atoms with E-state index in [1.165, 1.54) is 12.8 Å². The van der Waals surface area contributed by atoms with E-state index in [2.05, 4.69) is 20.9 Å². The molecule has 1 amide bonds. The molecule has 1 fully saturated rings. The van der Waals surface area contributed by atoms with Crippen LogP contribution >= 0.6 is 15.9 Å². The Hall–Kier alpha value is -0.900. The van der Waals surface area contributed by atoms with Gasteiger partial charge in [0, 0.05) is 24.8 Å². The molecular weight excluding hydrogens is 268 g/mol. The smallest absolute Gasteiger partial charge is 0.253 e. The fourth-order valence-electron chi connectivity index (χ4n) is 2.20. The van der Waals surface area contributed by atoms with Crippen molar-refractivity contribution >= 4 is 21.8 Å². The molecule has 0 saturated heterocycles. The summed E-state index contributed by atoms with van der Waals surface area (Å²) in [6.45, 7) is 0. The summed E-state index contributed by atoms with van der Waals surface area (Å²) in [4.78, 5) is 18.1. The van der Waals surface area contributed by atoms with Crippen LogP contribution in [0.25, 0.3) is 0 Å². The van der Waals surface area contributed by atoms with Crippen molar-refractivity contribution in [3.8, 4) is 0 Å². The number of hydrogen-bond donors (Lipinski definition) is 0. The van der Waals surface area contributed by atoms with Gasteiger partial charge in [0.25, 0.3) is 5.91 Å². The van der Waals surface area contributed by atoms with Gasteiger partial charge in [-0.15, -0.1) is 0 Å². The van der Waals surface area contributed by atoms with E-state index in [0.717, 1.165) is 12.8 Å². The third-order valence-electron chi connectivity index (χ3n) is 3.17. The molecule has 1 aliphatic rings. The van der Waals surface area contributed by atoms with Gasteiger partial charge in [-0.25, -0.2) is 4.98 Å². The predicted octanol–water partition coefficient (Wildman–Crippen LogP) is 2.86. The van der Waals surface area contributed by atoms with Crippen molar-refractivity contribution in [2.45, 2.75) is 31.7 Å². The number of hydrogen-bond acceptors (Lipinski definition) is 2. The van der Waals surface area contributed by atoms with Crippen LogP contribution in [0.4, 0.5) is 0 Å². The largest absolute Gasteiger partial charge is 0.339 e. The second-order valence-electron chi connectivity index (χ2n) is 4.22. The van der Waals surface area contributed by atoms with Crippen LogP contribution in [0, 0.1) is 0 Å². The summed E-state index contributed by atoms with van der Waals surface area (Å²) >= 11 is 3.28. The van der Waals surface area contributed by atoms with Crippen LogP contribution < -0.4 is 0 Å². The van der Waals surface area contributed by atoms with Crippen LogP contribution in [0.15, 0.2) is 22.9 Å². The molecule has 3 nitrogen and oxygen atoms in total. The number of pyridine rings is 1. The molecular formula is C12H15BrN2O. The maximum Gasteiger partial charge on any atom is 0.253 e. The summed E-state index contributed by atoms with van der Waals surface area (Å²) in [5, 5.41) is 0. The normalized spacial score (nSPS) is 16.4. The number of nitrogens with zero attached hydrogens (tertiary/aromatic N) is 2. The third kappa shape index (κ3) is 2.43. The second-order valence-corrected chi connectivity index (χ2v) is 5.03. The van der Waals surface area contributed by atoms with E-state index in [1.54, 1.807) is 18.3 Å². The van der Waals surface area contributed by atoms with Gasteiger partial charge in [-0.3, -0.25) is 4.79 Å². The minimum atomic E-state index is 0.0926. The molecule has 1 aromatic heterocycles. The molecule has 0 N–H and O–H groups in total. The number of amides is 1. The topological polar surface area (TPSA) is 33.2 Å². The lowest BCUT2D eigenvalue weighted by atomic mass is 10.2. The van der Waals surface area contributed by atoms with Crippen LogP contribution in [-0.4, -0.2) is 28.9 Å². The molecule has 0 radical (unpaired) electrons. The molecule has 16 heavy (non-hydrogen) atoms. The fourth-order valence-corrected chi connectivity index (χ4v) is 2.56. The van der Waals surface area contributed by atoms with Crippen LogP contribution in [-0.2, 0) is 0 Å². The van der Waals surface area contributed by atoms with E-state index in [-0.39, 0.29) is 5.91 Å². The molecule has 1 heterocycles. The number of halogens is 1. The highest BCUT2D eigenvalue weighted by Gasteiger charge is 2.24. The third-order valence-corrected chi connectivity index (χ3v) is 3.60. The van der Waals surface area contributed by atoms with Crippen LogP contribution in [0.2, 0.25) is 0 Å². The molecule has 1 aliphatic carbocycles. The maximum absolute atomic E-state index is 12.2. The highest BCUT2D eigenvalue weighted by Crippen LogP contribution is 2.23. The van der Waals surface area contributed by atoms with E-state index in [1.807, 2.05) is 11.9 Å². The van der Waals surface area contributed by atoms with E-state index in [0.29, 0.717) is 16.2 Å². The van der Waals surface area contributed by atoms with Crippen molar-refractivity contribution in [1.82, 2.24) is 9.88 Å². The van der Waals surface area contributed by atoms with Gasteiger partial charge in [-0.2, -0.15) is 0 Å². The molecule has 0 atom stereocenters. The first-order chi connectivity index (χ1) is 7.68. The van der Waals surface area contributed by atoms with Gasteiger partial charge in [0.05, 0.1) is 0 Å². The lowest BCUT2D eigenvalue weighted by Gasteiger charge is -2.24. The molecule has 1 saturated carbocycles. The van der Waals surface area contributed by atoms with Crippen molar-refractivity contribution in [2.75, 3.05) is 7.05 Å². The van der Waals surface area contributed by atoms with Gasteiger partial charge < -0.3 is 4.90 Å². The first-order valence-corrected chi connectivity index (χ1v) is 6.36. The Morgan fingerprint density at radius 2 is 2.19 bits per heavy atom. The Balaban J connectivity index is 2.12. The second kappa shape index (κ2) is 4.95. The Kier molecular flexibility index (Phi) is 3.59. The zero-order valence-electron chi connectivity index (χ0n) is 9.32. The first-order valence-electron chi connectivity index (χ1n) is 5.57. The van der Waals surface area contributed by atoms with Crippen LogP contribution in [0.1, 0.15) is 36.0 Å². The molecule has 1 aromatic rings. The lowest BCUT2D eigenvalue weighted by Crippen LogP contribution is -2.35. The summed E-state index contributed by atoms with van der Waals surface area (Å²) in [7, 11) is 1.90. The minimum absolute atomic E-state index is 0.0926. The number of carbonyl (C=O) groups excluding carboxylic acids is 1.